The molecule has 0 fully saturated rings. The fourth-order valence-corrected chi connectivity index (χ4v) is 1.13. The third-order valence-corrected chi connectivity index (χ3v) is 1.81. The highest BCUT2D eigenvalue weighted by Crippen LogP contribution is 2.12. The summed E-state index contributed by atoms with van der Waals surface area (Å²) in [5.74, 6) is 1.27. The van der Waals surface area contributed by atoms with E-state index >= 15 is 0 Å². The van der Waals surface area contributed by atoms with Gasteiger partial charge in [0, 0.05) is 5.56 Å². The lowest BCUT2D eigenvalue weighted by Crippen LogP contribution is -1.93. The quantitative estimate of drug-likeness (QED) is 0.716. The monoisotopic (exact) mass is 183 g/mol. The molecule has 0 bridgehead atoms. The molecule has 0 amide bonds. The van der Waals surface area contributed by atoms with Crippen molar-refractivity contribution in [3.05, 3.63) is 49.1 Å². The van der Waals surface area contributed by atoms with Crippen molar-refractivity contribution in [3.63, 3.8) is 0 Å². The second-order valence-electron chi connectivity index (χ2n) is 2.74. The van der Waals surface area contributed by atoms with Gasteiger partial charge in [0.15, 0.2) is 11.6 Å². The Morgan fingerprint density at radius 3 is 2.57 bits per heavy atom. The minimum absolute atomic E-state index is 0.596. The van der Waals surface area contributed by atoms with Crippen molar-refractivity contribution in [2.45, 2.75) is 0 Å². The molecule has 0 unspecified atom stereocenters. The maximum Gasteiger partial charge on any atom is 0.163 e. The molecule has 0 saturated carbocycles. The topological polar surface area (TPSA) is 38.7 Å². The van der Waals surface area contributed by atoms with Gasteiger partial charge in [-0.25, -0.2) is 15.0 Å². The van der Waals surface area contributed by atoms with Crippen LogP contribution in [-0.2, 0) is 0 Å². The highest BCUT2D eigenvalue weighted by Gasteiger charge is 1.99. The van der Waals surface area contributed by atoms with Crippen molar-refractivity contribution in [2.24, 2.45) is 0 Å². The van der Waals surface area contributed by atoms with Crippen LogP contribution in [0.5, 0.6) is 0 Å². The standard InChI is InChI=1S/C11H9N3/c1-2-10-12-8-13-11(14-10)9-6-4-3-5-7-9/h2-8H,1H2. The zero-order valence-electron chi connectivity index (χ0n) is 7.59. The highest BCUT2D eigenvalue weighted by atomic mass is 15.0. The smallest absolute Gasteiger partial charge is 0.163 e. The Morgan fingerprint density at radius 1 is 1.07 bits per heavy atom. The van der Waals surface area contributed by atoms with Gasteiger partial charge in [-0.3, -0.25) is 0 Å². The summed E-state index contributed by atoms with van der Waals surface area (Å²) in [5, 5.41) is 0. The van der Waals surface area contributed by atoms with Gasteiger partial charge >= 0.3 is 0 Å². The maximum atomic E-state index is 4.22. The van der Waals surface area contributed by atoms with Crippen molar-refractivity contribution in [3.8, 4) is 11.4 Å². The van der Waals surface area contributed by atoms with Gasteiger partial charge in [0.25, 0.3) is 0 Å². The first-order valence-electron chi connectivity index (χ1n) is 4.27. The average molecular weight is 183 g/mol. The van der Waals surface area contributed by atoms with Gasteiger partial charge in [0.05, 0.1) is 0 Å². The van der Waals surface area contributed by atoms with Gasteiger partial charge in [0.1, 0.15) is 6.33 Å². The number of rotatable bonds is 2. The Balaban J connectivity index is 2.47. The lowest BCUT2D eigenvalue weighted by Gasteiger charge is -1.98. The van der Waals surface area contributed by atoms with Crippen LogP contribution in [0.3, 0.4) is 0 Å². The normalized spacial score (nSPS) is 9.71. The Morgan fingerprint density at radius 2 is 1.86 bits per heavy atom. The fraction of sp³-hybridized carbons (Fsp3) is 0. The van der Waals surface area contributed by atoms with E-state index < -0.39 is 0 Å². The molecule has 0 saturated heterocycles. The summed E-state index contributed by atoms with van der Waals surface area (Å²) in [4.78, 5) is 12.3. The Kier molecular flexibility index (Phi) is 2.32. The molecule has 1 aromatic heterocycles. The SMILES string of the molecule is C=Cc1ncnc(-c2ccccc2)n1. The molecule has 2 aromatic rings. The molecule has 1 aromatic carbocycles. The van der Waals surface area contributed by atoms with E-state index in [1.165, 1.54) is 6.33 Å². The summed E-state index contributed by atoms with van der Waals surface area (Å²) in [6.07, 6.45) is 3.10. The fourth-order valence-electron chi connectivity index (χ4n) is 1.13. The summed E-state index contributed by atoms with van der Waals surface area (Å²) in [5.41, 5.74) is 0.984. The van der Waals surface area contributed by atoms with Gasteiger partial charge in [-0.15, -0.1) is 0 Å². The summed E-state index contributed by atoms with van der Waals surface area (Å²) in [7, 11) is 0. The average Bonchev–Trinajstić information content (AvgIpc) is 2.30. The van der Waals surface area contributed by atoms with Crippen molar-refractivity contribution >= 4 is 6.08 Å². The molecule has 0 aliphatic heterocycles. The van der Waals surface area contributed by atoms with Gasteiger partial charge in [0.2, 0.25) is 0 Å². The van der Waals surface area contributed by atoms with Crippen LogP contribution in [0.25, 0.3) is 17.5 Å². The molecular formula is C11H9N3. The molecule has 2 rings (SSSR count). The summed E-state index contributed by atoms with van der Waals surface area (Å²) in [6, 6.07) is 9.78. The van der Waals surface area contributed by atoms with Crippen molar-refractivity contribution in [1.82, 2.24) is 15.0 Å². The summed E-state index contributed by atoms with van der Waals surface area (Å²) in [6.45, 7) is 3.61. The zero-order chi connectivity index (χ0) is 9.80. The van der Waals surface area contributed by atoms with Crippen LogP contribution in [0.4, 0.5) is 0 Å². The van der Waals surface area contributed by atoms with Crippen LogP contribution in [0.2, 0.25) is 0 Å². The first-order chi connectivity index (χ1) is 6.90. The molecule has 3 nitrogen and oxygen atoms in total. The Labute approximate surface area is 82.2 Å². The van der Waals surface area contributed by atoms with Crippen LogP contribution in [-0.4, -0.2) is 15.0 Å². The lowest BCUT2D eigenvalue weighted by atomic mass is 10.2. The Hall–Kier alpha value is -2.03. The predicted octanol–water partition coefficient (Wildman–Crippen LogP) is 2.18. The zero-order valence-corrected chi connectivity index (χ0v) is 7.59. The molecule has 0 spiro atoms. The molecule has 3 heteroatoms. The minimum atomic E-state index is 0.596. The van der Waals surface area contributed by atoms with Crippen LogP contribution in [0.1, 0.15) is 5.82 Å². The van der Waals surface area contributed by atoms with E-state index in [2.05, 4.69) is 21.5 Å². The van der Waals surface area contributed by atoms with Gasteiger partial charge in [-0.2, -0.15) is 0 Å². The molecule has 0 atom stereocenters. The van der Waals surface area contributed by atoms with E-state index in [1.807, 2.05) is 30.3 Å². The minimum Gasteiger partial charge on any atom is -0.217 e. The second-order valence-corrected chi connectivity index (χ2v) is 2.74. The first kappa shape index (κ1) is 8.56. The van der Waals surface area contributed by atoms with E-state index in [1.54, 1.807) is 6.08 Å². The number of hydrogen-bond donors (Lipinski definition) is 0. The lowest BCUT2D eigenvalue weighted by molar-refractivity contribution is 1.04. The Bertz CT molecular complexity index is 437. The van der Waals surface area contributed by atoms with Gasteiger partial charge in [-0.1, -0.05) is 36.9 Å². The summed E-state index contributed by atoms with van der Waals surface area (Å²) >= 11 is 0. The molecule has 0 N–H and O–H groups in total. The van der Waals surface area contributed by atoms with Gasteiger partial charge in [-0.05, 0) is 6.08 Å². The molecular weight excluding hydrogens is 174 g/mol. The van der Waals surface area contributed by atoms with Crippen molar-refractivity contribution < 1.29 is 0 Å². The summed E-state index contributed by atoms with van der Waals surface area (Å²) < 4.78 is 0. The molecule has 68 valence electrons. The van der Waals surface area contributed by atoms with Crippen LogP contribution in [0.15, 0.2) is 43.2 Å². The largest absolute Gasteiger partial charge is 0.217 e. The third kappa shape index (κ3) is 1.66. The second kappa shape index (κ2) is 3.79. The van der Waals surface area contributed by atoms with Gasteiger partial charge < -0.3 is 0 Å². The van der Waals surface area contributed by atoms with Crippen LogP contribution < -0.4 is 0 Å². The van der Waals surface area contributed by atoms with E-state index in [0.29, 0.717) is 11.6 Å². The third-order valence-electron chi connectivity index (χ3n) is 1.81. The van der Waals surface area contributed by atoms with E-state index in [9.17, 15) is 0 Å². The molecule has 0 aliphatic rings. The number of hydrogen-bond acceptors (Lipinski definition) is 3. The molecule has 0 aliphatic carbocycles. The maximum absolute atomic E-state index is 4.22. The van der Waals surface area contributed by atoms with Crippen molar-refractivity contribution in [2.75, 3.05) is 0 Å². The number of benzene rings is 1. The number of aromatic nitrogens is 3. The van der Waals surface area contributed by atoms with E-state index in [0.717, 1.165) is 5.56 Å². The highest BCUT2D eigenvalue weighted by molar-refractivity contribution is 5.55. The van der Waals surface area contributed by atoms with E-state index in [-0.39, 0.29) is 0 Å². The van der Waals surface area contributed by atoms with E-state index in [4.69, 9.17) is 0 Å². The predicted molar refractivity (Wildman–Crippen MR) is 55.4 cm³/mol. The molecule has 1 heterocycles. The number of nitrogens with zero attached hydrogens (tertiary/aromatic N) is 3. The first-order valence-corrected chi connectivity index (χ1v) is 4.27. The molecule has 0 radical (unpaired) electrons. The van der Waals surface area contributed by atoms with Crippen molar-refractivity contribution in [1.29, 1.82) is 0 Å². The van der Waals surface area contributed by atoms with Crippen LogP contribution in [0, 0.1) is 0 Å². The molecule has 14 heavy (non-hydrogen) atoms. The van der Waals surface area contributed by atoms with Crippen LogP contribution >= 0.6 is 0 Å².